The lowest BCUT2D eigenvalue weighted by Gasteiger charge is -2.38. The van der Waals surface area contributed by atoms with Crippen molar-refractivity contribution in [3.05, 3.63) is 86.3 Å². The van der Waals surface area contributed by atoms with Crippen LogP contribution in [-0.2, 0) is 9.59 Å². The molecule has 1 aliphatic carbocycles. The van der Waals surface area contributed by atoms with Crippen molar-refractivity contribution >= 4 is 68.8 Å². The van der Waals surface area contributed by atoms with E-state index in [1.54, 1.807) is 47.4 Å². The van der Waals surface area contributed by atoms with Crippen molar-refractivity contribution in [2.24, 2.45) is 5.73 Å². The number of anilines is 2. The Kier molecular flexibility index (Phi) is 8.10. The molecule has 0 radical (unpaired) electrons. The quantitative estimate of drug-likeness (QED) is 0.334. The zero-order valence-electron chi connectivity index (χ0n) is 20.6. The number of nitrogens with one attached hydrogen (secondary N) is 1. The SMILES string of the molecule is N#CC1=C(N)N(c2nnc(SCC(=O)Nc3ccccc3C#N)s2)C2=C(C(=O)CCC2)C1c1ccc(Cl)c(Cl)c1. The molecule has 2 heterocycles. The first kappa shape index (κ1) is 27.7. The molecule has 2 aromatic carbocycles. The predicted octanol–water partition coefficient (Wildman–Crippen LogP) is 5.75. The highest BCUT2D eigenvalue weighted by Gasteiger charge is 2.41. The van der Waals surface area contributed by atoms with Crippen LogP contribution < -0.4 is 16.0 Å². The molecule has 5 rings (SSSR count). The number of benzene rings is 2. The van der Waals surface area contributed by atoms with Crippen molar-refractivity contribution in [1.29, 1.82) is 10.5 Å². The maximum absolute atomic E-state index is 13.3. The Labute approximate surface area is 247 Å². The fraction of sp³-hybridized carbons (Fsp3) is 0.185. The maximum atomic E-state index is 13.3. The molecule has 0 spiro atoms. The second kappa shape index (κ2) is 11.7. The topological polar surface area (TPSA) is 149 Å². The largest absolute Gasteiger partial charge is 0.384 e. The van der Waals surface area contributed by atoms with Crippen molar-refractivity contribution in [2.45, 2.75) is 29.5 Å². The highest BCUT2D eigenvalue weighted by molar-refractivity contribution is 8.01. The molecular formula is C27H19Cl2N7O2S2. The zero-order valence-corrected chi connectivity index (χ0v) is 23.8. The molecule has 1 atom stereocenters. The number of Topliss-reactive ketones (excluding diaryl/α,β-unsaturated/α-hetero) is 1. The third-order valence-electron chi connectivity index (χ3n) is 6.43. The van der Waals surface area contributed by atoms with E-state index in [0.29, 0.717) is 66.9 Å². The lowest BCUT2D eigenvalue weighted by Crippen LogP contribution is -2.38. The van der Waals surface area contributed by atoms with Crippen molar-refractivity contribution in [1.82, 2.24) is 10.2 Å². The molecule has 0 fully saturated rings. The molecule has 3 N–H and O–H groups in total. The van der Waals surface area contributed by atoms with Gasteiger partial charge in [0, 0.05) is 17.7 Å². The average molecular weight is 609 g/mol. The Morgan fingerprint density at radius 2 is 1.95 bits per heavy atom. The van der Waals surface area contributed by atoms with Crippen LogP contribution in [0.25, 0.3) is 0 Å². The Hall–Kier alpha value is -3.87. The lowest BCUT2D eigenvalue weighted by atomic mass is 9.76. The van der Waals surface area contributed by atoms with Gasteiger partial charge >= 0.3 is 0 Å². The van der Waals surface area contributed by atoms with Crippen LogP contribution in [-0.4, -0.2) is 27.6 Å². The fourth-order valence-electron chi connectivity index (χ4n) is 4.68. The first-order valence-corrected chi connectivity index (χ1v) is 14.5. The number of thioether (sulfide) groups is 1. The fourth-order valence-corrected chi connectivity index (χ4v) is 6.67. The molecule has 0 saturated carbocycles. The summed E-state index contributed by atoms with van der Waals surface area (Å²) < 4.78 is 0.501. The van der Waals surface area contributed by atoms with Crippen molar-refractivity contribution < 1.29 is 9.59 Å². The van der Waals surface area contributed by atoms with Crippen molar-refractivity contribution in [2.75, 3.05) is 16.0 Å². The summed E-state index contributed by atoms with van der Waals surface area (Å²) in [5.41, 5.74) is 9.38. The van der Waals surface area contributed by atoms with E-state index in [1.807, 2.05) is 6.07 Å². The second-order valence-corrected chi connectivity index (χ2v) is 11.8. The second-order valence-electron chi connectivity index (χ2n) is 8.83. The third kappa shape index (κ3) is 5.29. The summed E-state index contributed by atoms with van der Waals surface area (Å²) in [6.07, 6.45) is 1.54. The molecule has 0 bridgehead atoms. The van der Waals surface area contributed by atoms with Gasteiger partial charge in [-0.1, -0.05) is 64.5 Å². The van der Waals surface area contributed by atoms with Crippen LogP contribution in [0, 0.1) is 22.7 Å². The minimum absolute atomic E-state index is 0.0367. The molecule has 200 valence electrons. The minimum Gasteiger partial charge on any atom is -0.384 e. The minimum atomic E-state index is -0.680. The van der Waals surface area contributed by atoms with E-state index >= 15 is 0 Å². The Bertz CT molecular complexity index is 1690. The van der Waals surface area contributed by atoms with Gasteiger partial charge in [0.2, 0.25) is 11.0 Å². The van der Waals surface area contributed by atoms with Gasteiger partial charge in [0.05, 0.1) is 44.6 Å². The summed E-state index contributed by atoms with van der Waals surface area (Å²) in [4.78, 5) is 27.4. The zero-order chi connectivity index (χ0) is 28.4. The van der Waals surface area contributed by atoms with Crippen LogP contribution in [0.3, 0.4) is 0 Å². The van der Waals surface area contributed by atoms with Gasteiger partial charge in [-0.05, 0) is 42.7 Å². The Balaban J connectivity index is 1.43. The molecule has 40 heavy (non-hydrogen) atoms. The first-order valence-electron chi connectivity index (χ1n) is 12.0. The molecular weight excluding hydrogens is 589 g/mol. The monoisotopic (exact) mass is 607 g/mol. The van der Waals surface area contributed by atoms with Gasteiger partial charge in [-0.25, -0.2) is 0 Å². The molecule has 1 amide bonds. The molecule has 13 heteroatoms. The number of halogens is 2. The van der Waals surface area contributed by atoms with Crippen LogP contribution in [0.4, 0.5) is 10.8 Å². The van der Waals surface area contributed by atoms with Crippen LogP contribution in [0.2, 0.25) is 10.0 Å². The Morgan fingerprint density at radius 3 is 2.70 bits per heavy atom. The Morgan fingerprint density at radius 1 is 1.15 bits per heavy atom. The summed E-state index contributed by atoms with van der Waals surface area (Å²) in [5, 5.41) is 31.7. The van der Waals surface area contributed by atoms with E-state index in [4.69, 9.17) is 28.9 Å². The highest BCUT2D eigenvalue weighted by Crippen LogP contribution is 2.47. The summed E-state index contributed by atoms with van der Waals surface area (Å²) in [6, 6.07) is 16.0. The van der Waals surface area contributed by atoms with E-state index < -0.39 is 5.92 Å². The van der Waals surface area contributed by atoms with Gasteiger partial charge in [-0.15, -0.1) is 10.2 Å². The number of hydrogen-bond donors (Lipinski definition) is 2. The number of para-hydroxylation sites is 1. The average Bonchev–Trinajstić information content (AvgIpc) is 3.41. The smallest absolute Gasteiger partial charge is 0.234 e. The van der Waals surface area contributed by atoms with Crippen LogP contribution in [0.1, 0.15) is 36.3 Å². The number of rotatable bonds is 6. The molecule has 0 saturated heterocycles. The number of amides is 1. The van der Waals surface area contributed by atoms with E-state index in [2.05, 4.69) is 21.6 Å². The van der Waals surface area contributed by atoms with Crippen LogP contribution in [0.15, 0.2) is 69.5 Å². The first-order chi connectivity index (χ1) is 19.3. The molecule has 1 aliphatic heterocycles. The van der Waals surface area contributed by atoms with Crippen LogP contribution in [0.5, 0.6) is 0 Å². The number of carbonyl (C=O) groups excluding carboxylic acids is 2. The lowest BCUT2D eigenvalue weighted by molar-refractivity contribution is -0.116. The number of nitrogens with zero attached hydrogens (tertiary/aromatic N) is 5. The highest BCUT2D eigenvalue weighted by atomic mass is 35.5. The molecule has 2 aliphatic rings. The number of aromatic nitrogens is 2. The van der Waals surface area contributed by atoms with E-state index in [1.165, 1.54) is 23.1 Å². The normalized spacial score (nSPS) is 16.9. The van der Waals surface area contributed by atoms with Crippen LogP contribution >= 0.6 is 46.3 Å². The third-order valence-corrected chi connectivity index (χ3v) is 9.21. The van der Waals surface area contributed by atoms with E-state index in [9.17, 15) is 20.1 Å². The van der Waals surface area contributed by atoms with Crippen molar-refractivity contribution in [3.63, 3.8) is 0 Å². The predicted molar refractivity (Wildman–Crippen MR) is 155 cm³/mol. The molecule has 9 nitrogen and oxygen atoms in total. The van der Waals surface area contributed by atoms with Gasteiger partial charge in [0.1, 0.15) is 11.9 Å². The number of carbonyl (C=O) groups is 2. The summed E-state index contributed by atoms with van der Waals surface area (Å²) in [6.45, 7) is 0. The number of ketones is 1. The van der Waals surface area contributed by atoms with Gasteiger partial charge in [0.25, 0.3) is 0 Å². The van der Waals surface area contributed by atoms with Gasteiger partial charge in [-0.3, -0.25) is 14.5 Å². The number of nitriles is 2. The number of allylic oxidation sites excluding steroid dienone is 3. The van der Waals surface area contributed by atoms with Gasteiger partial charge in [-0.2, -0.15) is 10.5 Å². The molecule has 1 aromatic heterocycles. The molecule has 3 aromatic rings. The van der Waals surface area contributed by atoms with Crippen molar-refractivity contribution in [3.8, 4) is 12.1 Å². The molecule has 1 unspecified atom stereocenters. The summed E-state index contributed by atoms with van der Waals surface area (Å²) in [5.74, 6) is -0.863. The number of nitrogens with two attached hydrogens (primary N) is 1. The standard InChI is InChI=1S/C27H19Cl2N7O2S2/c28-17-9-8-14(10-18(17)29)23-16(12-31)25(32)36(20-6-3-7-21(37)24(20)23)26-34-35-27(40-26)39-13-22(38)33-19-5-2-1-4-15(19)11-30/h1-2,4-5,8-10,23H,3,6-7,13,32H2,(H,33,38). The van der Waals surface area contributed by atoms with E-state index in [-0.39, 0.29) is 28.8 Å². The van der Waals surface area contributed by atoms with Gasteiger partial charge < -0.3 is 11.1 Å². The maximum Gasteiger partial charge on any atom is 0.234 e. The summed E-state index contributed by atoms with van der Waals surface area (Å²) in [7, 11) is 0. The van der Waals surface area contributed by atoms with E-state index in [0.717, 1.165) is 0 Å². The van der Waals surface area contributed by atoms with Gasteiger partial charge in [0.15, 0.2) is 10.1 Å². The summed E-state index contributed by atoms with van der Waals surface area (Å²) >= 11 is 14.8. The number of hydrogen-bond acceptors (Lipinski definition) is 10.